The highest BCUT2D eigenvalue weighted by atomic mass is 32.2. The van der Waals surface area contributed by atoms with Crippen LogP contribution in [0.5, 0.6) is 0 Å². The van der Waals surface area contributed by atoms with E-state index in [4.69, 9.17) is 0 Å². The molecule has 0 saturated carbocycles. The topological polar surface area (TPSA) is 12.4 Å². The van der Waals surface area contributed by atoms with Crippen molar-refractivity contribution in [3.8, 4) is 0 Å². The maximum atomic E-state index is 4.09. The quantitative estimate of drug-likeness (QED) is 0.452. The third-order valence-electron chi connectivity index (χ3n) is 1.12. The summed E-state index contributed by atoms with van der Waals surface area (Å²) >= 11 is 1.56. The highest BCUT2D eigenvalue weighted by molar-refractivity contribution is 8.01. The third kappa shape index (κ3) is 3.72. The van der Waals surface area contributed by atoms with Crippen molar-refractivity contribution in [1.82, 2.24) is 0 Å². The first-order valence-electron chi connectivity index (χ1n) is 3.53. The van der Waals surface area contributed by atoms with Gasteiger partial charge in [0.25, 0.3) is 0 Å². The van der Waals surface area contributed by atoms with Gasteiger partial charge in [-0.25, -0.2) is 4.40 Å². The Hall–Kier alpha value is -0.240. The molecule has 0 unspecified atom stereocenters. The fraction of sp³-hybridized carbons (Fsp3) is 0.625. The zero-order valence-corrected chi connectivity index (χ0v) is 7.90. The highest BCUT2D eigenvalue weighted by Crippen LogP contribution is 2.23. The highest BCUT2D eigenvalue weighted by Gasteiger charge is 1.99. The van der Waals surface area contributed by atoms with Gasteiger partial charge in [-0.3, -0.25) is 0 Å². The summed E-state index contributed by atoms with van der Waals surface area (Å²) in [6.07, 6.45) is 3.93. The Kier molecular flexibility index (Phi) is 5.40. The van der Waals surface area contributed by atoms with Crippen LogP contribution >= 0.6 is 11.9 Å². The van der Waals surface area contributed by atoms with Gasteiger partial charge in [0, 0.05) is 23.1 Å². The molecule has 0 aliphatic carbocycles. The minimum absolute atomic E-state index is 0.596. The lowest BCUT2D eigenvalue weighted by Gasteiger charge is -2.04. The minimum atomic E-state index is 0.596. The number of nitrogens with zero attached hydrogens (tertiary/aromatic N) is 1. The van der Waals surface area contributed by atoms with E-state index in [1.54, 1.807) is 11.9 Å². The molecule has 2 heteroatoms. The molecule has 0 rings (SSSR count). The molecule has 0 N–H and O–H groups in total. The lowest BCUT2D eigenvalue weighted by atomic mass is 10.2. The van der Waals surface area contributed by atoms with Gasteiger partial charge in [0.1, 0.15) is 0 Å². The standard InChI is InChI=1S/C8H15NS/c1-5-8(7(3)4)10-9-6-2/h5-7H,1-4H3/b8-5-,9-6-. The van der Waals surface area contributed by atoms with Crippen LogP contribution in [0.1, 0.15) is 27.7 Å². The van der Waals surface area contributed by atoms with Crippen LogP contribution in [0.3, 0.4) is 0 Å². The Balaban J connectivity index is 3.86. The molecule has 0 aromatic rings. The van der Waals surface area contributed by atoms with Gasteiger partial charge < -0.3 is 0 Å². The van der Waals surface area contributed by atoms with Crippen molar-refractivity contribution in [1.29, 1.82) is 0 Å². The Morgan fingerprint density at radius 3 is 2.30 bits per heavy atom. The molecular formula is C8H15NS. The van der Waals surface area contributed by atoms with Crippen molar-refractivity contribution in [2.24, 2.45) is 10.3 Å². The van der Waals surface area contributed by atoms with Crippen LogP contribution in [0.2, 0.25) is 0 Å². The van der Waals surface area contributed by atoms with Crippen molar-refractivity contribution in [2.75, 3.05) is 0 Å². The normalized spacial score (nSPS) is 13.5. The summed E-state index contributed by atoms with van der Waals surface area (Å²) in [7, 11) is 0. The molecule has 0 fully saturated rings. The van der Waals surface area contributed by atoms with E-state index in [2.05, 4.69) is 24.3 Å². The average molecular weight is 157 g/mol. The van der Waals surface area contributed by atoms with Crippen molar-refractivity contribution < 1.29 is 0 Å². The largest absolute Gasteiger partial charge is 0.224 e. The molecule has 0 radical (unpaired) electrons. The molecule has 0 atom stereocenters. The van der Waals surface area contributed by atoms with E-state index < -0.39 is 0 Å². The van der Waals surface area contributed by atoms with Crippen LogP contribution in [0.25, 0.3) is 0 Å². The summed E-state index contributed by atoms with van der Waals surface area (Å²) in [5.74, 6) is 0.596. The number of hydrogen-bond acceptors (Lipinski definition) is 2. The fourth-order valence-corrected chi connectivity index (χ4v) is 1.15. The molecule has 0 heterocycles. The summed E-state index contributed by atoms with van der Waals surface area (Å²) in [5.41, 5.74) is 0. The molecule has 58 valence electrons. The molecular weight excluding hydrogens is 142 g/mol. The van der Waals surface area contributed by atoms with Gasteiger partial charge in [0.2, 0.25) is 0 Å². The first-order valence-corrected chi connectivity index (χ1v) is 4.31. The van der Waals surface area contributed by atoms with E-state index in [0.717, 1.165) is 0 Å². The van der Waals surface area contributed by atoms with Gasteiger partial charge in [-0.15, -0.1) is 0 Å². The fourth-order valence-electron chi connectivity index (χ4n) is 0.605. The Morgan fingerprint density at radius 2 is 2.00 bits per heavy atom. The molecule has 0 aromatic carbocycles. The third-order valence-corrected chi connectivity index (χ3v) is 2.35. The molecule has 0 bridgehead atoms. The molecule has 0 spiro atoms. The van der Waals surface area contributed by atoms with Crippen molar-refractivity contribution in [3.05, 3.63) is 11.0 Å². The van der Waals surface area contributed by atoms with Gasteiger partial charge in [-0.05, 0) is 19.8 Å². The molecule has 0 saturated heterocycles. The number of hydrogen-bond donors (Lipinski definition) is 0. The van der Waals surface area contributed by atoms with E-state index in [9.17, 15) is 0 Å². The van der Waals surface area contributed by atoms with Crippen molar-refractivity contribution in [3.63, 3.8) is 0 Å². The van der Waals surface area contributed by atoms with Gasteiger partial charge in [-0.2, -0.15) is 0 Å². The zero-order valence-electron chi connectivity index (χ0n) is 7.09. The van der Waals surface area contributed by atoms with Crippen LogP contribution in [-0.4, -0.2) is 6.21 Å². The molecule has 0 aromatic heterocycles. The van der Waals surface area contributed by atoms with Crippen LogP contribution < -0.4 is 0 Å². The monoisotopic (exact) mass is 157 g/mol. The summed E-state index contributed by atoms with van der Waals surface area (Å²) < 4.78 is 4.09. The minimum Gasteiger partial charge on any atom is -0.224 e. The van der Waals surface area contributed by atoms with Crippen molar-refractivity contribution in [2.45, 2.75) is 27.7 Å². The number of rotatable bonds is 3. The predicted octanol–water partition coefficient (Wildman–Crippen LogP) is 3.29. The van der Waals surface area contributed by atoms with Gasteiger partial charge >= 0.3 is 0 Å². The summed E-state index contributed by atoms with van der Waals surface area (Å²) in [4.78, 5) is 1.33. The van der Waals surface area contributed by atoms with E-state index >= 15 is 0 Å². The van der Waals surface area contributed by atoms with Gasteiger partial charge in [0.15, 0.2) is 0 Å². The second kappa shape index (κ2) is 5.54. The van der Waals surface area contributed by atoms with E-state index in [0.29, 0.717) is 5.92 Å². The predicted molar refractivity (Wildman–Crippen MR) is 50.4 cm³/mol. The lowest BCUT2D eigenvalue weighted by Crippen LogP contribution is -1.86. The van der Waals surface area contributed by atoms with Gasteiger partial charge in [-0.1, -0.05) is 19.9 Å². The summed E-state index contributed by atoms with van der Waals surface area (Å²) in [5, 5.41) is 0. The van der Waals surface area contributed by atoms with Gasteiger partial charge in [0.05, 0.1) is 0 Å². The zero-order chi connectivity index (χ0) is 7.98. The average Bonchev–Trinajstić information content (AvgIpc) is 1.89. The first kappa shape index (κ1) is 9.76. The van der Waals surface area contributed by atoms with Crippen molar-refractivity contribution >= 4 is 18.2 Å². The SMILES string of the molecule is C/C=N\S/C(=C\C)C(C)C. The molecule has 0 aliphatic rings. The summed E-state index contributed by atoms with van der Waals surface area (Å²) in [6, 6.07) is 0. The Bertz CT molecular complexity index is 136. The smallest absolute Gasteiger partial charge is 0.00988 e. The Morgan fingerprint density at radius 1 is 1.40 bits per heavy atom. The molecule has 0 amide bonds. The van der Waals surface area contributed by atoms with Crippen LogP contribution in [0, 0.1) is 5.92 Å². The molecule has 10 heavy (non-hydrogen) atoms. The van der Waals surface area contributed by atoms with Crippen LogP contribution in [-0.2, 0) is 0 Å². The Labute approximate surface area is 67.8 Å². The lowest BCUT2D eigenvalue weighted by molar-refractivity contribution is 0.815. The first-order chi connectivity index (χ1) is 4.72. The molecule has 0 aliphatic heterocycles. The second-order valence-electron chi connectivity index (χ2n) is 2.30. The number of allylic oxidation sites excluding steroid dienone is 2. The van der Waals surface area contributed by atoms with Crippen LogP contribution in [0.15, 0.2) is 15.4 Å². The van der Waals surface area contributed by atoms with E-state index in [1.807, 2.05) is 20.1 Å². The summed E-state index contributed by atoms with van der Waals surface area (Å²) in [6.45, 7) is 8.33. The second-order valence-corrected chi connectivity index (χ2v) is 3.17. The van der Waals surface area contributed by atoms with Crippen LogP contribution in [0.4, 0.5) is 0 Å². The maximum Gasteiger partial charge on any atom is 0.00988 e. The molecule has 1 nitrogen and oxygen atoms in total. The van der Waals surface area contributed by atoms with E-state index in [-0.39, 0.29) is 0 Å². The van der Waals surface area contributed by atoms with E-state index in [1.165, 1.54) is 4.91 Å². The maximum absolute atomic E-state index is 4.09.